The molecule has 1 aliphatic carbocycles. The van der Waals surface area contributed by atoms with Gasteiger partial charge in [0.2, 0.25) is 0 Å². The number of nitrogens with one attached hydrogen (secondary N) is 1. The molecule has 1 aromatic carbocycles. The largest absolute Gasteiger partial charge is 0.342 e. The third kappa shape index (κ3) is 2.24. The zero-order valence-corrected chi connectivity index (χ0v) is 11.3. The summed E-state index contributed by atoms with van der Waals surface area (Å²) in [7, 11) is 0. The van der Waals surface area contributed by atoms with Crippen LogP contribution in [0.3, 0.4) is 0 Å². The second kappa shape index (κ2) is 4.10. The van der Waals surface area contributed by atoms with Gasteiger partial charge in [0.1, 0.15) is 5.82 Å². The first-order valence-corrected chi connectivity index (χ1v) is 6.87. The monoisotopic (exact) mass is 293 g/mol. The van der Waals surface area contributed by atoms with Crippen molar-refractivity contribution in [1.29, 1.82) is 0 Å². The molecule has 0 radical (unpaired) electrons. The summed E-state index contributed by atoms with van der Waals surface area (Å²) in [5.74, 6) is 1.02. The maximum atomic E-state index is 6.37. The molecule has 90 valence electrons. The van der Waals surface area contributed by atoms with Crippen molar-refractivity contribution in [2.45, 2.75) is 37.6 Å². The van der Waals surface area contributed by atoms with Crippen LogP contribution < -0.4 is 5.73 Å². The minimum absolute atomic E-state index is 0.0366. The van der Waals surface area contributed by atoms with Crippen molar-refractivity contribution in [3.05, 3.63) is 28.5 Å². The average molecular weight is 294 g/mol. The Morgan fingerprint density at radius 2 is 2.12 bits per heavy atom. The second-order valence-electron chi connectivity index (χ2n) is 5.09. The molecule has 4 heteroatoms. The van der Waals surface area contributed by atoms with Gasteiger partial charge in [0.25, 0.3) is 0 Å². The molecule has 2 aromatic rings. The topological polar surface area (TPSA) is 54.7 Å². The first kappa shape index (κ1) is 11.2. The van der Waals surface area contributed by atoms with Crippen LogP contribution >= 0.6 is 15.9 Å². The van der Waals surface area contributed by atoms with E-state index in [-0.39, 0.29) is 5.54 Å². The van der Waals surface area contributed by atoms with Crippen molar-refractivity contribution >= 4 is 27.0 Å². The highest BCUT2D eigenvalue weighted by molar-refractivity contribution is 9.10. The Kier molecular flexibility index (Phi) is 2.71. The second-order valence-corrected chi connectivity index (χ2v) is 6.01. The Hall–Kier alpha value is -0.870. The molecule has 0 unspecified atom stereocenters. The predicted molar refractivity (Wildman–Crippen MR) is 72.9 cm³/mol. The van der Waals surface area contributed by atoms with Gasteiger partial charge in [-0.15, -0.1) is 0 Å². The van der Waals surface area contributed by atoms with E-state index < -0.39 is 0 Å². The van der Waals surface area contributed by atoms with Gasteiger partial charge in [0, 0.05) is 16.4 Å². The Labute approximate surface area is 109 Å². The van der Waals surface area contributed by atoms with Crippen molar-refractivity contribution in [2.24, 2.45) is 5.73 Å². The molecule has 0 spiro atoms. The standard InChI is InChI=1S/C13H16BrN3/c14-9-3-4-10-11(7-9)17-12(16-10)8-13(15)5-1-2-6-13/h3-4,7H,1-2,5-6,8,15H2,(H,16,17). The quantitative estimate of drug-likeness (QED) is 0.894. The van der Waals surface area contributed by atoms with Crippen LogP contribution in [0.5, 0.6) is 0 Å². The van der Waals surface area contributed by atoms with Crippen LogP contribution in [-0.2, 0) is 6.42 Å². The predicted octanol–water partition coefficient (Wildman–Crippen LogP) is 3.14. The first-order chi connectivity index (χ1) is 8.15. The molecule has 1 aliphatic rings. The fraction of sp³-hybridized carbons (Fsp3) is 0.462. The van der Waals surface area contributed by atoms with Gasteiger partial charge in [-0.25, -0.2) is 4.98 Å². The molecule has 0 atom stereocenters. The van der Waals surface area contributed by atoms with Gasteiger partial charge < -0.3 is 10.7 Å². The Morgan fingerprint density at radius 3 is 2.88 bits per heavy atom. The number of rotatable bonds is 2. The summed E-state index contributed by atoms with van der Waals surface area (Å²) in [4.78, 5) is 7.97. The number of halogens is 1. The van der Waals surface area contributed by atoms with Crippen LogP contribution in [0.15, 0.2) is 22.7 Å². The SMILES string of the molecule is NC1(Cc2nc3ccc(Br)cc3[nH]2)CCCC1. The van der Waals surface area contributed by atoms with E-state index in [9.17, 15) is 0 Å². The van der Waals surface area contributed by atoms with Crippen LogP contribution in [0.25, 0.3) is 11.0 Å². The molecule has 1 aromatic heterocycles. The lowest BCUT2D eigenvalue weighted by Gasteiger charge is -2.21. The Balaban J connectivity index is 1.90. The van der Waals surface area contributed by atoms with E-state index >= 15 is 0 Å². The molecule has 1 heterocycles. The number of aromatic nitrogens is 2. The van der Waals surface area contributed by atoms with Gasteiger partial charge >= 0.3 is 0 Å². The van der Waals surface area contributed by atoms with E-state index in [1.165, 1.54) is 12.8 Å². The highest BCUT2D eigenvalue weighted by Crippen LogP contribution is 2.30. The average Bonchev–Trinajstić information content (AvgIpc) is 2.84. The summed E-state index contributed by atoms with van der Waals surface area (Å²) in [5, 5.41) is 0. The lowest BCUT2D eigenvalue weighted by Crippen LogP contribution is -2.39. The molecule has 0 aliphatic heterocycles. The van der Waals surface area contributed by atoms with Crippen molar-refractivity contribution in [2.75, 3.05) is 0 Å². The summed E-state index contributed by atoms with van der Waals surface area (Å²) in [6.45, 7) is 0. The lowest BCUT2D eigenvalue weighted by atomic mass is 9.94. The smallest absolute Gasteiger partial charge is 0.109 e. The van der Waals surface area contributed by atoms with Crippen molar-refractivity contribution in [3.8, 4) is 0 Å². The fourth-order valence-electron chi connectivity index (χ4n) is 2.71. The third-order valence-electron chi connectivity index (χ3n) is 3.61. The molecule has 0 bridgehead atoms. The molecule has 1 fully saturated rings. The normalized spacial score (nSPS) is 18.9. The number of H-pyrrole nitrogens is 1. The van der Waals surface area contributed by atoms with Crippen molar-refractivity contribution < 1.29 is 0 Å². The van der Waals surface area contributed by atoms with Crippen molar-refractivity contribution in [1.82, 2.24) is 9.97 Å². The molecule has 0 saturated heterocycles. The van der Waals surface area contributed by atoms with E-state index in [0.717, 1.165) is 40.6 Å². The van der Waals surface area contributed by atoms with Crippen LogP contribution in [0.2, 0.25) is 0 Å². The molecule has 1 saturated carbocycles. The van der Waals surface area contributed by atoms with Gasteiger partial charge in [-0.05, 0) is 31.0 Å². The van der Waals surface area contributed by atoms with E-state index in [4.69, 9.17) is 5.73 Å². The molecule has 17 heavy (non-hydrogen) atoms. The number of nitrogens with two attached hydrogens (primary N) is 1. The summed E-state index contributed by atoms with van der Waals surface area (Å²) in [6, 6.07) is 6.10. The fourth-order valence-corrected chi connectivity index (χ4v) is 3.07. The number of benzene rings is 1. The summed E-state index contributed by atoms with van der Waals surface area (Å²) in [6.07, 6.45) is 5.60. The molecular formula is C13H16BrN3. The highest BCUT2D eigenvalue weighted by Gasteiger charge is 2.30. The van der Waals surface area contributed by atoms with Gasteiger partial charge in [-0.3, -0.25) is 0 Å². The van der Waals surface area contributed by atoms with Crippen LogP contribution in [0.4, 0.5) is 0 Å². The van der Waals surface area contributed by atoms with Gasteiger partial charge in [0.05, 0.1) is 11.0 Å². The van der Waals surface area contributed by atoms with Crippen LogP contribution in [-0.4, -0.2) is 15.5 Å². The van der Waals surface area contributed by atoms with Crippen LogP contribution in [0, 0.1) is 0 Å². The number of aromatic amines is 1. The molecular weight excluding hydrogens is 278 g/mol. The van der Waals surface area contributed by atoms with Crippen molar-refractivity contribution in [3.63, 3.8) is 0 Å². The number of fused-ring (bicyclic) bond motifs is 1. The summed E-state index contributed by atoms with van der Waals surface area (Å²) < 4.78 is 1.07. The van der Waals surface area contributed by atoms with E-state index in [1.54, 1.807) is 0 Å². The maximum Gasteiger partial charge on any atom is 0.109 e. The molecule has 3 nitrogen and oxygen atoms in total. The first-order valence-electron chi connectivity index (χ1n) is 6.08. The maximum absolute atomic E-state index is 6.37. The van der Waals surface area contributed by atoms with E-state index in [1.807, 2.05) is 12.1 Å². The van der Waals surface area contributed by atoms with Crippen LogP contribution in [0.1, 0.15) is 31.5 Å². The molecule has 0 amide bonds. The van der Waals surface area contributed by atoms with E-state index in [0.29, 0.717) is 0 Å². The molecule has 3 rings (SSSR count). The number of imidazole rings is 1. The summed E-state index contributed by atoms with van der Waals surface area (Å²) >= 11 is 3.47. The Morgan fingerprint density at radius 1 is 1.35 bits per heavy atom. The van der Waals surface area contributed by atoms with Gasteiger partial charge in [-0.2, -0.15) is 0 Å². The summed E-state index contributed by atoms with van der Waals surface area (Å²) in [5.41, 5.74) is 8.43. The molecule has 3 N–H and O–H groups in total. The number of hydrogen-bond acceptors (Lipinski definition) is 2. The minimum Gasteiger partial charge on any atom is -0.342 e. The Bertz CT molecular complexity index is 541. The highest BCUT2D eigenvalue weighted by atomic mass is 79.9. The van der Waals surface area contributed by atoms with Gasteiger partial charge in [-0.1, -0.05) is 28.8 Å². The number of nitrogens with zero attached hydrogens (tertiary/aromatic N) is 1. The third-order valence-corrected chi connectivity index (χ3v) is 4.11. The minimum atomic E-state index is -0.0366. The number of hydrogen-bond donors (Lipinski definition) is 2. The lowest BCUT2D eigenvalue weighted by molar-refractivity contribution is 0.428. The van der Waals surface area contributed by atoms with Gasteiger partial charge in [0.15, 0.2) is 0 Å². The van der Waals surface area contributed by atoms with E-state index in [2.05, 4.69) is 32.0 Å². The zero-order valence-electron chi connectivity index (χ0n) is 9.67. The zero-order chi connectivity index (χ0) is 11.9.